The second kappa shape index (κ2) is 6.72. The Morgan fingerprint density at radius 1 is 1.43 bits per heavy atom. The molecule has 0 saturated carbocycles. The van der Waals surface area contributed by atoms with Crippen molar-refractivity contribution in [2.24, 2.45) is 0 Å². The van der Waals surface area contributed by atoms with Gasteiger partial charge < -0.3 is 10.3 Å². The molecule has 1 aliphatic rings. The molecular weight excluding hydrogens is 312 g/mol. The maximum Gasteiger partial charge on any atom is 0.237 e. The van der Waals surface area contributed by atoms with Crippen molar-refractivity contribution in [3.05, 3.63) is 52.6 Å². The molecule has 0 unspecified atom stereocenters. The van der Waals surface area contributed by atoms with Gasteiger partial charge in [0, 0.05) is 30.6 Å². The van der Waals surface area contributed by atoms with E-state index in [1.54, 1.807) is 6.33 Å². The van der Waals surface area contributed by atoms with Gasteiger partial charge in [-0.3, -0.25) is 9.69 Å². The average Bonchev–Trinajstić information content (AvgIpc) is 2.95. The molecule has 5 nitrogen and oxygen atoms in total. The lowest BCUT2D eigenvalue weighted by atomic mass is 10.0. The summed E-state index contributed by atoms with van der Waals surface area (Å²) < 4.78 is 0. The van der Waals surface area contributed by atoms with Crippen LogP contribution in [0.5, 0.6) is 0 Å². The third-order valence-electron chi connectivity index (χ3n) is 4.03. The van der Waals surface area contributed by atoms with Gasteiger partial charge in [0.05, 0.1) is 23.8 Å². The minimum Gasteiger partial charge on any atom is -0.353 e. The molecule has 122 valence electrons. The predicted molar refractivity (Wildman–Crippen MR) is 90.1 cm³/mol. The highest BCUT2D eigenvalue weighted by Crippen LogP contribution is 2.23. The van der Waals surface area contributed by atoms with Crippen molar-refractivity contribution < 1.29 is 4.79 Å². The fourth-order valence-electron chi connectivity index (χ4n) is 2.92. The van der Waals surface area contributed by atoms with E-state index in [0.29, 0.717) is 19.5 Å². The molecule has 1 aromatic heterocycles. The molecule has 6 heteroatoms. The highest BCUT2D eigenvalue weighted by Gasteiger charge is 2.33. The fourth-order valence-corrected chi connectivity index (χ4v) is 3.04. The van der Waals surface area contributed by atoms with E-state index in [1.807, 2.05) is 38.1 Å². The summed E-state index contributed by atoms with van der Waals surface area (Å²) in [5.41, 5.74) is 3.22. The molecule has 1 atom stereocenters. The van der Waals surface area contributed by atoms with E-state index in [2.05, 4.69) is 20.2 Å². The van der Waals surface area contributed by atoms with Crippen LogP contribution in [0.4, 0.5) is 0 Å². The zero-order valence-electron chi connectivity index (χ0n) is 13.3. The van der Waals surface area contributed by atoms with Gasteiger partial charge in [-0.2, -0.15) is 0 Å². The molecule has 3 rings (SSSR count). The van der Waals surface area contributed by atoms with E-state index in [9.17, 15) is 4.79 Å². The summed E-state index contributed by atoms with van der Waals surface area (Å²) in [6.45, 7) is 5.34. The van der Waals surface area contributed by atoms with Crippen molar-refractivity contribution in [1.82, 2.24) is 20.2 Å². The maximum absolute atomic E-state index is 12.6. The van der Waals surface area contributed by atoms with Crippen molar-refractivity contribution >= 4 is 17.5 Å². The van der Waals surface area contributed by atoms with Crippen molar-refractivity contribution in [2.75, 3.05) is 0 Å². The number of carbonyl (C=O) groups excluding carboxylic acids is 1. The summed E-state index contributed by atoms with van der Waals surface area (Å²) in [6.07, 6.45) is 2.33. The zero-order chi connectivity index (χ0) is 16.4. The van der Waals surface area contributed by atoms with E-state index in [-0.39, 0.29) is 18.0 Å². The second-order valence-corrected chi connectivity index (χ2v) is 6.68. The van der Waals surface area contributed by atoms with Crippen LogP contribution in [0, 0.1) is 0 Å². The van der Waals surface area contributed by atoms with Crippen LogP contribution in [-0.4, -0.2) is 32.9 Å². The lowest BCUT2D eigenvalue weighted by Crippen LogP contribution is -2.51. The average molecular weight is 333 g/mol. The SMILES string of the molecule is CC(C)NC(=O)[C@@H]1Cc2nc[nH]c2CN1Cc1ccc(Cl)cc1. The number of amides is 1. The van der Waals surface area contributed by atoms with Gasteiger partial charge in [-0.1, -0.05) is 23.7 Å². The van der Waals surface area contributed by atoms with Crippen molar-refractivity contribution in [1.29, 1.82) is 0 Å². The molecule has 0 saturated heterocycles. The Morgan fingerprint density at radius 2 is 2.17 bits per heavy atom. The summed E-state index contributed by atoms with van der Waals surface area (Å²) in [5.74, 6) is 0.0580. The van der Waals surface area contributed by atoms with Gasteiger partial charge in [-0.05, 0) is 31.5 Å². The Kier molecular flexibility index (Phi) is 4.68. The molecule has 1 aromatic carbocycles. The number of carbonyl (C=O) groups is 1. The summed E-state index contributed by atoms with van der Waals surface area (Å²) in [6, 6.07) is 7.69. The number of fused-ring (bicyclic) bond motifs is 1. The van der Waals surface area contributed by atoms with Gasteiger partial charge in [0.1, 0.15) is 0 Å². The fraction of sp³-hybridized carbons (Fsp3) is 0.412. The number of rotatable bonds is 4. The molecule has 2 N–H and O–H groups in total. The highest BCUT2D eigenvalue weighted by atomic mass is 35.5. The topological polar surface area (TPSA) is 61.0 Å². The van der Waals surface area contributed by atoms with Gasteiger partial charge in [0.2, 0.25) is 5.91 Å². The lowest BCUT2D eigenvalue weighted by molar-refractivity contribution is -0.127. The molecule has 0 fully saturated rings. The molecule has 0 aliphatic carbocycles. The molecule has 0 radical (unpaired) electrons. The summed E-state index contributed by atoms with van der Waals surface area (Å²) in [7, 11) is 0. The minimum atomic E-state index is -0.205. The van der Waals surface area contributed by atoms with Crippen LogP contribution >= 0.6 is 11.6 Å². The molecule has 0 spiro atoms. The number of imidazole rings is 1. The van der Waals surface area contributed by atoms with Crippen molar-refractivity contribution in [3.8, 4) is 0 Å². The summed E-state index contributed by atoms with van der Waals surface area (Å²) >= 11 is 5.95. The molecule has 23 heavy (non-hydrogen) atoms. The number of H-pyrrole nitrogens is 1. The van der Waals surface area contributed by atoms with Gasteiger partial charge in [0.25, 0.3) is 0 Å². The van der Waals surface area contributed by atoms with E-state index >= 15 is 0 Å². The largest absolute Gasteiger partial charge is 0.353 e. The lowest BCUT2D eigenvalue weighted by Gasteiger charge is -2.34. The summed E-state index contributed by atoms with van der Waals surface area (Å²) in [5, 5.41) is 3.74. The maximum atomic E-state index is 12.6. The van der Waals surface area contributed by atoms with Crippen LogP contribution in [0.1, 0.15) is 30.8 Å². The second-order valence-electron chi connectivity index (χ2n) is 6.24. The summed E-state index contributed by atoms with van der Waals surface area (Å²) in [4.78, 5) is 22.3. The first kappa shape index (κ1) is 16.0. The molecular formula is C17H21ClN4O. The third kappa shape index (κ3) is 3.74. The van der Waals surface area contributed by atoms with E-state index < -0.39 is 0 Å². The number of nitrogens with zero attached hydrogens (tertiary/aromatic N) is 2. The number of aromatic nitrogens is 2. The van der Waals surface area contributed by atoms with Crippen LogP contribution in [0.3, 0.4) is 0 Å². The van der Waals surface area contributed by atoms with Gasteiger partial charge in [-0.25, -0.2) is 4.98 Å². The van der Waals surface area contributed by atoms with Gasteiger partial charge >= 0.3 is 0 Å². The number of aromatic amines is 1. The van der Waals surface area contributed by atoms with E-state index in [0.717, 1.165) is 22.0 Å². The predicted octanol–water partition coefficient (Wildman–Crippen LogP) is 2.51. The quantitative estimate of drug-likeness (QED) is 0.904. The Balaban J connectivity index is 1.81. The molecule has 1 aliphatic heterocycles. The first-order chi connectivity index (χ1) is 11.0. The normalized spacial score (nSPS) is 18.0. The van der Waals surface area contributed by atoms with E-state index in [4.69, 9.17) is 11.6 Å². The number of hydrogen-bond acceptors (Lipinski definition) is 3. The minimum absolute atomic E-state index is 0.0580. The standard InChI is InChI=1S/C17H21ClN4O/c1-11(2)21-17(23)16-7-14-15(20-10-19-14)9-22(16)8-12-3-5-13(18)6-4-12/h3-6,10-11,16H,7-9H2,1-2H3,(H,19,20)(H,21,23)/t16-/m0/s1. The number of benzene rings is 1. The Labute approximate surface area is 141 Å². The Bertz CT molecular complexity index is 680. The number of halogens is 1. The van der Waals surface area contributed by atoms with Crippen LogP contribution in [0.15, 0.2) is 30.6 Å². The third-order valence-corrected chi connectivity index (χ3v) is 4.28. The molecule has 2 heterocycles. The number of nitrogens with one attached hydrogen (secondary N) is 2. The molecule has 0 bridgehead atoms. The molecule has 2 aromatic rings. The van der Waals surface area contributed by atoms with Gasteiger partial charge in [-0.15, -0.1) is 0 Å². The Morgan fingerprint density at radius 3 is 2.87 bits per heavy atom. The number of hydrogen-bond donors (Lipinski definition) is 2. The van der Waals surface area contributed by atoms with Crippen LogP contribution < -0.4 is 5.32 Å². The highest BCUT2D eigenvalue weighted by molar-refractivity contribution is 6.30. The van der Waals surface area contributed by atoms with Crippen LogP contribution in [-0.2, 0) is 24.3 Å². The first-order valence-electron chi connectivity index (χ1n) is 7.83. The van der Waals surface area contributed by atoms with Crippen molar-refractivity contribution in [3.63, 3.8) is 0 Å². The van der Waals surface area contributed by atoms with Crippen LogP contribution in [0.25, 0.3) is 0 Å². The first-order valence-corrected chi connectivity index (χ1v) is 8.20. The zero-order valence-corrected chi connectivity index (χ0v) is 14.1. The molecule has 1 amide bonds. The van der Waals surface area contributed by atoms with E-state index in [1.165, 1.54) is 0 Å². The monoisotopic (exact) mass is 332 g/mol. The van der Waals surface area contributed by atoms with Crippen LogP contribution in [0.2, 0.25) is 5.02 Å². The smallest absolute Gasteiger partial charge is 0.237 e. The van der Waals surface area contributed by atoms with Gasteiger partial charge in [0.15, 0.2) is 0 Å². The van der Waals surface area contributed by atoms with Crippen molar-refractivity contribution in [2.45, 2.75) is 45.4 Å². The Hall–Kier alpha value is -1.85.